The topological polar surface area (TPSA) is 0 Å². The summed E-state index contributed by atoms with van der Waals surface area (Å²) >= 11 is 0. The minimum absolute atomic E-state index is 0. The van der Waals surface area contributed by atoms with Crippen LogP contribution in [0.2, 0.25) is 0 Å². The molecule has 2 atom stereocenters. The van der Waals surface area contributed by atoms with Crippen LogP contribution in [0.3, 0.4) is 0 Å². The predicted octanol–water partition coefficient (Wildman–Crippen LogP) is -0.714. The molecule has 2 heteroatoms. The second-order valence-corrected chi connectivity index (χ2v) is 3.18. The predicted molar refractivity (Wildman–Crippen MR) is 51.5 cm³/mol. The Hall–Kier alpha value is -0.0600. The summed E-state index contributed by atoms with van der Waals surface area (Å²) in [5.74, 6) is 0. The van der Waals surface area contributed by atoms with Crippen LogP contribution in [0.1, 0.15) is 6.42 Å². The smallest absolute Gasteiger partial charge is 0.0655 e. The van der Waals surface area contributed by atoms with Crippen molar-refractivity contribution in [2.45, 2.75) is 6.42 Å². The van der Waals surface area contributed by atoms with Crippen molar-refractivity contribution in [3.8, 4) is 0 Å². The SMILES string of the molecule is C=CC1(C[PH3+])C=CC=CC1.[Cl-]. The highest BCUT2D eigenvalue weighted by atomic mass is 35.5. The second-order valence-electron chi connectivity index (χ2n) is 2.68. The summed E-state index contributed by atoms with van der Waals surface area (Å²) in [7, 11) is 2.01. The van der Waals surface area contributed by atoms with Gasteiger partial charge in [0, 0.05) is 5.41 Å². The lowest BCUT2D eigenvalue weighted by Gasteiger charge is -2.22. The molecule has 0 aromatic carbocycles. The van der Waals surface area contributed by atoms with Gasteiger partial charge in [-0.3, -0.25) is 0 Å². The molecule has 0 aliphatic heterocycles. The Labute approximate surface area is 77.1 Å². The molecule has 0 amide bonds. The van der Waals surface area contributed by atoms with E-state index in [1.54, 1.807) is 0 Å². The number of rotatable bonds is 2. The lowest BCUT2D eigenvalue weighted by atomic mass is 9.84. The third kappa shape index (κ3) is 2.47. The van der Waals surface area contributed by atoms with E-state index in [-0.39, 0.29) is 17.8 Å². The van der Waals surface area contributed by atoms with Crippen molar-refractivity contribution in [3.63, 3.8) is 0 Å². The molecule has 0 saturated carbocycles. The van der Waals surface area contributed by atoms with Crippen molar-refractivity contribution >= 4 is 9.24 Å². The molecule has 1 aliphatic carbocycles. The number of allylic oxidation sites excluding steroid dienone is 5. The van der Waals surface area contributed by atoms with Crippen LogP contribution in [0.4, 0.5) is 0 Å². The maximum absolute atomic E-state index is 3.85. The first-order valence-electron chi connectivity index (χ1n) is 3.60. The fourth-order valence-electron chi connectivity index (χ4n) is 1.12. The molecule has 11 heavy (non-hydrogen) atoms. The average molecular weight is 189 g/mol. The van der Waals surface area contributed by atoms with Gasteiger partial charge in [-0.2, -0.15) is 0 Å². The normalized spacial score (nSPS) is 28.0. The largest absolute Gasteiger partial charge is 1.00 e. The van der Waals surface area contributed by atoms with E-state index >= 15 is 0 Å². The van der Waals surface area contributed by atoms with Crippen LogP contribution in [-0.4, -0.2) is 6.16 Å². The van der Waals surface area contributed by atoms with E-state index in [9.17, 15) is 0 Å². The van der Waals surface area contributed by atoms with E-state index in [1.165, 1.54) is 6.16 Å². The van der Waals surface area contributed by atoms with Crippen molar-refractivity contribution in [1.29, 1.82) is 0 Å². The summed E-state index contributed by atoms with van der Waals surface area (Å²) in [6.07, 6.45) is 13.0. The third-order valence-electron chi connectivity index (χ3n) is 2.05. The van der Waals surface area contributed by atoms with Crippen LogP contribution in [0, 0.1) is 5.41 Å². The highest BCUT2D eigenvalue weighted by Crippen LogP contribution is 2.30. The molecule has 62 valence electrons. The molecule has 0 spiro atoms. The summed E-state index contributed by atoms with van der Waals surface area (Å²) in [6.45, 7) is 3.85. The average Bonchev–Trinajstić information content (AvgIpc) is 2.06. The summed E-state index contributed by atoms with van der Waals surface area (Å²) in [5.41, 5.74) is 0.271. The molecule has 0 saturated heterocycles. The fraction of sp³-hybridized carbons (Fsp3) is 0.333. The first-order chi connectivity index (χ1) is 4.83. The van der Waals surface area contributed by atoms with Gasteiger partial charge in [0.15, 0.2) is 0 Å². The molecule has 0 heterocycles. The zero-order valence-electron chi connectivity index (χ0n) is 6.59. The molecule has 0 fully saturated rings. The standard InChI is InChI=1S/C9H13P.ClH/c1-2-9(8-10)6-4-3-5-7-9;/h2-6H,1,7-8,10H2;1H. The van der Waals surface area contributed by atoms with Crippen molar-refractivity contribution in [3.05, 3.63) is 37.0 Å². The van der Waals surface area contributed by atoms with Crippen molar-refractivity contribution < 1.29 is 12.4 Å². The van der Waals surface area contributed by atoms with Gasteiger partial charge < -0.3 is 12.4 Å². The summed E-state index contributed by atoms with van der Waals surface area (Å²) in [4.78, 5) is 0. The Kier molecular flexibility index (Phi) is 4.72. The van der Waals surface area contributed by atoms with E-state index in [0.29, 0.717) is 0 Å². The Balaban J connectivity index is 0.000001000. The lowest BCUT2D eigenvalue weighted by Crippen LogP contribution is -3.00. The van der Waals surface area contributed by atoms with Gasteiger partial charge in [0.05, 0.1) is 6.16 Å². The van der Waals surface area contributed by atoms with E-state index in [2.05, 4.69) is 37.0 Å². The highest BCUT2D eigenvalue weighted by molar-refractivity contribution is 7.16. The third-order valence-corrected chi connectivity index (χ3v) is 2.98. The highest BCUT2D eigenvalue weighted by Gasteiger charge is 2.22. The minimum Gasteiger partial charge on any atom is -1.00 e. The summed E-state index contributed by atoms with van der Waals surface area (Å²) < 4.78 is 0. The van der Waals surface area contributed by atoms with Gasteiger partial charge in [-0.05, 0) is 15.7 Å². The van der Waals surface area contributed by atoms with E-state index < -0.39 is 0 Å². The van der Waals surface area contributed by atoms with Gasteiger partial charge in [0.2, 0.25) is 0 Å². The van der Waals surface area contributed by atoms with Crippen LogP contribution in [0.15, 0.2) is 37.0 Å². The van der Waals surface area contributed by atoms with E-state index in [4.69, 9.17) is 0 Å². The van der Waals surface area contributed by atoms with Gasteiger partial charge in [0.25, 0.3) is 0 Å². The zero-order chi connectivity index (χ0) is 7.45. The Bertz CT molecular complexity index is 184. The quantitative estimate of drug-likeness (QED) is 0.397. The monoisotopic (exact) mass is 188 g/mol. The Morgan fingerprint density at radius 3 is 2.55 bits per heavy atom. The molecule has 0 N–H and O–H groups in total. The summed E-state index contributed by atoms with van der Waals surface area (Å²) in [5, 5.41) is 0. The van der Waals surface area contributed by atoms with Crippen molar-refractivity contribution in [1.82, 2.24) is 0 Å². The summed E-state index contributed by atoms with van der Waals surface area (Å²) in [6, 6.07) is 0. The molecule has 2 unspecified atom stereocenters. The number of halogens is 1. The van der Waals surface area contributed by atoms with Crippen LogP contribution in [0.5, 0.6) is 0 Å². The van der Waals surface area contributed by atoms with Crippen molar-refractivity contribution in [2.75, 3.05) is 6.16 Å². The van der Waals surface area contributed by atoms with E-state index in [1.807, 2.05) is 9.24 Å². The van der Waals surface area contributed by atoms with Crippen molar-refractivity contribution in [2.24, 2.45) is 5.41 Å². The van der Waals surface area contributed by atoms with Crippen LogP contribution < -0.4 is 12.4 Å². The van der Waals surface area contributed by atoms with Gasteiger partial charge in [-0.15, -0.1) is 6.58 Å². The molecule has 1 aliphatic rings. The first kappa shape index (κ1) is 10.9. The molecule has 0 nitrogen and oxygen atoms in total. The molecular weight excluding hydrogens is 175 g/mol. The second kappa shape index (κ2) is 4.74. The van der Waals surface area contributed by atoms with Crippen LogP contribution in [-0.2, 0) is 0 Å². The molecule has 1 rings (SSSR count). The maximum Gasteiger partial charge on any atom is 0.0655 e. The van der Waals surface area contributed by atoms with Gasteiger partial charge >= 0.3 is 0 Å². The fourth-order valence-corrected chi connectivity index (χ4v) is 1.70. The van der Waals surface area contributed by atoms with Crippen LogP contribution in [0.25, 0.3) is 0 Å². The maximum atomic E-state index is 3.85. The minimum atomic E-state index is 0. The van der Waals surface area contributed by atoms with E-state index in [0.717, 1.165) is 6.42 Å². The molecule has 0 bridgehead atoms. The first-order valence-corrected chi connectivity index (χ1v) is 4.60. The van der Waals surface area contributed by atoms with Gasteiger partial charge in [-0.25, -0.2) is 0 Å². The number of hydrogen-bond donors (Lipinski definition) is 0. The Morgan fingerprint density at radius 1 is 1.55 bits per heavy atom. The number of hydrogen-bond acceptors (Lipinski definition) is 0. The molecular formula is C9H14ClP. The zero-order valence-corrected chi connectivity index (χ0v) is 8.76. The lowest BCUT2D eigenvalue weighted by molar-refractivity contribution is -0.00000204. The van der Waals surface area contributed by atoms with Gasteiger partial charge in [0.1, 0.15) is 0 Å². The molecule has 0 aromatic rings. The Morgan fingerprint density at radius 2 is 2.27 bits per heavy atom. The molecule has 0 radical (unpaired) electrons. The van der Waals surface area contributed by atoms with Gasteiger partial charge in [-0.1, -0.05) is 30.4 Å². The van der Waals surface area contributed by atoms with Crippen LogP contribution >= 0.6 is 9.24 Å². The molecule has 0 aromatic heterocycles.